The van der Waals surface area contributed by atoms with Gasteiger partial charge in [-0.15, -0.1) is 0 Å². The van der Waals surface area contributed by atoms with Gasteiger partial charge in [0, 0.05) is 24.2 Å². The van der Waals surface area contributed by atoms with Crippen molar-refractivity contribution < 1.29 is 0 Å². The molecule has 0 bridgehead atoms. The van der Waals surface area contributed by atoms with E-state index in [0.29, 0.717) is 0 Å². The number of aromatic amines is 1. The Morgan fingerprint density at radius 2 is 2.33 bits per heavy atom. The van der Waals surface area contributed by atoms with E-state index in [1.54, 1.807) is 0 Å². The minimum absolute atomic E-state index is 0.765. The van der Waals surface area contributed by atoms with E-state index >= 15 is 0 Å². The van der Waals surface area contributed by atoms with E-state index in [0.717, 1.165) is 23.1 Å². The van der Waals surface area contributed by atoms with Gasteiger partial charge in [-0.3, -0.25) is 0 Å². The van der Waals surface area contributed by atoms with Crippen molar-refractivity contribution in [2.24, 2.45) is 0 Å². The van der Waals surface area contributed by atoms with Gasteiger partial charge in [0.05, 0.1) is 6.20 Å². The molecule has 0 amide bonds. The summed E-state index contributed by atoms with van der Waals surface area (Å²) >= 11 is 5.91. The zero-order valence-electron chi connectivity index (χ0n) is 8.42. The first kappa shape index (κ1) is 10.1. The highest BCUT2D eigenvalue weighted by molar-refractivity contribution is 6.30. The Labute approximate surface area is 93.5 Å². The number of rotatable bonds is 3. The number of imidazole rings is 1. The molecule has 0 radical (unpaired) electrons. The van der Waals surface area contributed by atoms with Crippen LogP contribution in [0.1, 0.15) is 11.3 Å². The normalized spacial score (nSPS) is 10.3. The van der Waals surface area contributed by atoms with Crippen LogP contribution in [-0.4, -0.2) is 17.0 Å². The Morgan fingerprint density at radius 3 is 3.00 bits per heavy atom. The van der Waals surface area contributed by atoms with Crippen molar-refractivity contribution in [1.29, 1.82) is 0 Å². The quantitative estimate of drug-likeness (QED) is 0.837. The Hall–Kier alpha value is -1.48. The molecular weight excluding hydrogens is 210 g/mol. The highest BCUT2D eigenvalue weighted by Crippen LogP contribution is 2.14. The number of nitrogens with zero attached hydrogens (tertiary/aromatic N) is 1. The van der Waals surface area contributed by atoms with Crippen molar-refractivity contribution in [2.75, 3.05) is 12.4 Å². The van der Waals surface area contributed by atoms with Crippen molar-refractivity contribution in [1.82, 2.24) is 9.97 Å². The zero-order chi connectivity index (χ0) is 10.7. The van der Waals surface area contributed by atoms with Gasteiger partial charge in [-0.1, -0.05) is 23.7 Å². The van der Waals surface area contributed by atoms with Crippen LogP contribution in [0.2, 0.25) is 5.02 Å². The monoisotopic (exact) mass is 221 g/mol. The Balaban J connectivity index is 2.14. The molecule has 0 saturated carbocycles. The molecule has 1 aromatic carbocycles. The van der Waals surface area contributed by atoms with E-state index in [4.69, 9.17) is 11.6 Å². The van der Waals surface area contributed by atoms with E-state index < -0.39 is 0 Å². The van der Waals surface area contributed by atoms with E-state index in [1.807, 2.05) is 37.5 Å². The molecule has 2 N–H and O–H groups in total. The molecule has 0 saturated heterocycles. The maximum atomic E-state index is 5.91. The number of benzene rings is 1. The van der Waals surface area contributed by atoms with Crippen LogP contribution in [0.5, 0.6) is 0 Å². The Kier molecular flexibility index (Phi) is 2.92. The van der Waals surface area contributed by atoms with Crippen molar-refractivity contribution in [3.63, 3.8) is 0 Å². The summed E-state index contributed by atoms with van der Waals surface area (Å²) in [4.78, 5) is 7.32. The number of hydrogen-bond acceptors (Lipinski definition) is 2. The topological polar surface area (TPSA) is 40.7 Å². The first-order valence-corrected chi connectivity index (χ1v) is 5.12. The molecule has 0 fully saturated rings. The predicted octanol–water partition coefficient (Wildman–Crippen LogP) is 2.70. The van der Waals surface area contributed by atoms with Crippen molar-refractivity contribution in [3.05, 3.63) is 46.7 Å². The highest BCUT2D eigenvalue weighted by Gasteiger charge is 2.00. The van der Waals surface area contributed by atoms with E-state index in [2.05, 4.69) is 15.3 Å². The van der Waals surface area contributed by atoms with Crippen LogP contribution < -0.4 is 5.32 Å². The zero-order valence-corrected chi connectivity index (χ0v) is 9.17. The first-order chi connectivity index (χ1) is 7.28. The van der Waals surface area contributed by atoms with E-state index in [9.17, 15) is 0 Å². The fourth-order valence-electron chi connectivity index (χ4n) is 1.44. The minimum Gasteiger partial charge on any atom is -0.359 e. The molecule has 2 aromatic rings. The summed E-state index contributed by atoms with van der Waals surface area (Å²) in [7, 11) is 1.84. The molecule has 1 heterocycles. The van der Waals surface area contributed by atoms with Gasteiger partial charge in [-0.05, 0) is 17.7 Å². The predicted molar refractivity (Wildman–Crippen MR) is 62.4 cm³/mol. The third-order valence-electron chi connectivity index (χ3n) is 2.15. The third kappa shape index (κ3) is 2.50. The number of hydrogen-bond donors (Lipinski definition) is 2. The van der Waals surface area contributed by atoms with Crippen LogP contribution in [-0.2, 0) is 6.42 Å². The van der Waals surface area contributed by atoms with Crippen molar-refractivity contribution in [2.45, 2.75) is 6.42 Å². The maximum absolute atomic E-state index is 5.91. The lowest BCUT2D eigenvalue weighted by Crippen LogP contribution is -1.91. The molecule has 3 nitrogen and oxygen atoms in total. The SMILES string of the molecule is CNc1ncc(Cc2cccc(Cl)c2)[nH]1. The summed E-state index contributed by atoms with van der Waals surface area (Å²) < 4.78 is 0. The summed E-state index contributed by atoms with van der Waals surface area (Å²) in [5.41, 5.74) is 2.25. The summed E-state index contributed by atoms with van der Waals surface area (Å²) in [6.07, 6.45) is 2.64. The van der Waals surface area contributed by atoms with Gasteiger partial charge in [0.2, 0.25) is 0 Å². The third-order valence-corrected chi connectivity index (χ3v) is 2.38. The Bertz CT molecular complexity index is 451. The fraction of sp³-hybridized carbons (Fsp3) is 0.182. The molecule has 0 spiro atoms. The second-order valence-corrected chi connectivity index (χ2v) is 3.75. The largest absolute Gasteiger partial charge is 0.359 e. The van der Waals surface area contributed by atoms with Crippen LogP contribution >= 0.6 is 11.6 Å². The second-order valence-electron chi connectivity index (χ2n) is 3.31. The Morgan fingerprint density at radius 1 is 1.47 bits per heavy atom. The summed E-state index contributed by atoms with van der Waals surface area (Å²) in [6.45, 7) is 0. The highest BCUT2D eigenvalue weighted by atomic mass is 35.5. The van der Waals surface area contributed by atoms with Gasteiger partial charge >= 0.3 is 0 Å². The smallest absolute Gasteiger partial charge is 0.200 e. The maximum Gasteiger partial charge on any atom is 0.200 e. The molecule has 1 aromatic heterocycles. The lowest BCUT2D eigenvalue weighted by molar-refractivity contribution is 1.11. The molecule has 0 atom stereocenters. The van der Waals surface area contributed by atoms with Crippen LogP contribution in [0.4, 0.5) is 5.95 Å². The van der Waals surface area contributed by atoms with Crippen molar-refractivity contribution >= 4 is 17.5 Å². The molecule has 0 aliphatic rings. The van der Waals surface area contributed by atoms with Crippen LogP contribution in [0.15, 0.2) is 30.5 Å². The van der Waals surface area contributed by atoms with E-state index in [1.165, 1.54) is 5.56 Å². The summed E-state index contributed by atoms with van der Waals surface area (Å²) in [5.74, 6) is 0.784. The number of halogens is 1. The number of H-pyrrole nitrogens is 1. The first-order valence-electron chi connectivity index (χ1n) is 4.74. The fourth-order valence-corrected chi connectivity index (χ4v) is 1.66. The van der Waals surface area contributed by atoms with Crippen LogP contribution in [0.25, 0.3) is 0 Å². The van der Waals surface area contributed by atoms with Gasteiger partial charge in [0.25, 0.3) is 0 Å². The number of nitrogens with one attached hydrogen (secondary N) is 2. The van der Waals surface area contributed by atoms with Gasteiger partial charge in [0.1, 0.15) is 0 Å². The molecule has 4 heteroatoms. The number of anilines is 1. The van der Waals surface area contributed by atoms with Gasteiger partial charge < -0.3 is 10.3 Å². The van der Waals surface area contributed by atoms with Gasteiger partial charge in [0.15, 0.2) is 5.95 Å². The average molecular weight is 222 g/mol. The molecule has 78 valence electrons. The van der Waals surface area contributed by atoms with Gasteiger partial charge in [-0.2, -0.15) is 0 Å². The molecular formula is C11H12ClN3. The average Bonchev–Trinajstić information content (AvgIpc) is 2.65. The lowest BCUT2D eigenvalue weighted by atomic mass is 10.1. The van der Waals surface area contributed by atoms with Crippen LogP contribution in [0, 0.1) is 0 Å². The summed E-state index contributed by atoms with van der Waals surface area (Å²) in [5, 5.41) is 3.72. The molecule has 0 unspecified atom stereocenters. The standard InChI is InChI=1S/C11H12ClN3/c1-13-11-14-7-10(15-11)6-8-3-2-4-9(12)5-8/h2-5,7H,6H2,1H3,(H2,13,14,15). The molecule has 0 aliphatic heterocycles. The van der Waals surface area contributed by atoms with Crippen molar-refractivity contribution in [3.8, 4) is 0 Å². The lowest BCUT2D eigenvalue weighted by Gasteiger charge is -1.99. The molecule has 15 heavy (non-hydrogen) atoms. The summed E-state index contributed by atoms with van der Waals surface area (Å²) in [6, 6.07) is 7.83. The van der Waals surface area contributed by atoms with Gasteiger partial charge in [-0.25, -0.2) is 4.98 Å². The number of aromatic nitrogens is 2. The molecule has 0 aliphatic carbocycles. The minimum atomic E-state index is 0.765. The van der Waals surface area contributed by atoms with E-state index in [-0.39, 0.29) is 0 Å². The molecule has 2 rings (SSSR count). The second kappa shape index (κ2) is 4.36. The van der Waals surface area contributed by atoms with Crippen LogP contribution in [0.3, 0.4) is 0 Å².